The second-order valence-corrected chi connectivity index (χ2v) is 22.3. The average molecular weight is 803 g/mol. The number of aliphatic hydroxyl groups excluding tert-OH is 2. The molecule has 9 rings (SSSR count). The van der Waals surface area contributed by atoms with Gasteiger partial charge in [0.2, 0.25) is 0 Å². The molecule has 9 fully saturated rings. The highest BCUT2D eigenvalue weighted by molar-refractivity contribution is 7.47. The minimum absolute atomic E-state index is 0.0576. The lowest BCUT2D eigenvalue weighted by Gasteiger charge is -2.85. The standard InChI is InChI=1S/C46H75O9P/c47-24-30(48)25-54-56(50,51)55-27-31(52-21-11-7-2-1-4-8-12-28-15-16-36-37(22-28)42-33-18-17-32(33)41(36)42)26-53-39(49)14-10-6-3-5-9-13-29-23-38-40(29)46-44-35-20-19-34(35)43(44)45(38)46/h28-38,40-48H,1-27H2,(H,50,51)/t28?,29?,30-,31+,32?,33?,34?,35?,36?,37?,38?,40?,41?,42?,43?,44?,45?,46?/m0/s1. The van der Waals surface area contributed by atoms with Gasteiger partial charge in [-0.05, 0) is 152 Å². The van der Waals surface area contributed by atoms with Gasteiger partial charge in [-0.2, -0.15) is 0 Å². The highest BCUT2D eigenvalue weighted by Crippen LogP contribution is 2.84. The Morgan fingerprint density at radius 1 is 0.589 bits per heavy atom. The molecule has 17 unspecified atom stereocenters. The van der Waals surface area contributed by atoms with Crippen LogP contribution in [0.3, 0.4) is 0 Å². The third kappa shape index (κ3) is 8.02. The minimum atomic E-state index is -4.48. The predicted molar refractivity (Wildman–Crippen MR) is 213 cm³/mol. The van der Waals surface area contributed by atoms with E-state index in [0.29, 0.717) is 13.0 Å². The molecule has 9 nitrogen and oxygen atoms in total. The van der Waals surface area contributed by atoms with E-state index in [1.54, 1.807) is 6.42 Å². The van der Waals surface area contributed by atoms with Crippen molar-refractivity contribution in [1.29, 1.82) is 0 Å². The van der Waals surface area contributed by atoms with Crippen LogP contribution in [0.1, 0.15) is 141 Å². The normalized spacial score (nSPS) is 43.3. The summed E-state index contributed by atoms with van der Waals surface area (Å²) in [7, 11) is -4.48. The monoisotopic (exact) mass is 803 g/mol. The molecule has 0 radical (unpaired) electrons. The second-order valence-electron chi connectivity index (χ2n) is 20.8. The van der Waals surface area contributed by atoms with Crippen molar-refractivity contribution in [2.24, 2.45) is 94.7 Å². The van der Waals surface area contributed by atoms with Gasteiger partial charge < -0.3 is 24.6 Å². The van der Waals surface area contributed by atoms with Crippen molar-refractivity contribution >= 4 is 13.8 Å². The maximum Gasteiger partial charge on any atom is 0.472 e. The number of carbonyl (C=O) groups is 1. The summed E-state index contributed by atoms with van der Waals surface area (Å²) in [5, 5.41) is 18.5. The number of hydrogen-bond acceptors (Lipinski definition) is 8. The fraction of sp³-hybridized carbons (Fsp3) is 0.978. The first-order valence-corrected chi connectivity index (χ1v) is 25.5. The lowest BCUT2D eigenvalue weighted by atomic mass is 9.20. The molecular weight excluding hydrogens is 727 g/mol. The van der Waals surface area contributed by atoms with Crippen LogP contribution in [0, 0.1) is 94.7 Å². The number of aliphatic hydroxyl groups is 2. The Morgan fingerprint density at radius 2 is 1.16 bits per heavy atom. The number of fused-ring (bicyclic) bond motifs is 17. The van der Waals surface area contributed by atoms with Crippen LogP contribution < -0.4 is 0 Å². The zero-order valence-electron chi connectivity index (χ0n) is 34.2. The maximum absolute atomic E-state index is 12.6. The topological polar surface area (TPSA) is 132 Å². The number of carbonyl (C=O) groups excluding carboxylic acids is 1. The third-order valence-electron chi connectivity index (χ3n) is 18.4. The number of ether oxygens (including phenoxy) is 2. The predicted octanol–water partition coefficient (Wildman–Crippen LogP) is 8.97. The van der Waals surface area contributed by atoms with Gasteiger partial charge in [-0.15, -0.1) is 0 Å². The highest BCUT2D eigenvalue weighted by Gasteiger charge is 2.79. The van der Waals surface area contributed by atoms with Crippen molar-refractivity contribution in [2.75, 3.05) is 33.0 Å². The maximum atomic E-state index is 12.6. The molecule has 10 heteroatoms. The first kappa shape index (κ1) is 40.8. The van der Waals surface area contributed by atoms with Gasteiger partial charge in [0.15, 0.2) is 0 Å². The quantitative estimate of drug-likeness (QED) is 0.0322. The molecular formula is C46H75O9P. The zero-order valence-corrected chi connectivity index (χ0v) is 35.1. The molecule has 0 aromatic carbocycles. The summed E-state index contributed by atoms with van der Waals surface area (Å²) < 4.78 is 33.8. The first-order valence-electron chi connectivity index (χ1n) is 24.0. The van der Waals surface area contributed by atoms with Gasteiger partial charge >= 0.3 is 13.8 Å². The van der Waals surface area contributed by atoms with Crippen molar-refractivity contribution in [3.63, 3.8) is 0 Å². The SMILES string of the molecule is O=C(CCCCCCCC1CC2C1C1C3C4CCC4C3C21)OC[C@H](COP(=O)(O)OC[C@@H](O)CO)OCCCCCCCCC1CCC2C(C1)C1C3CCC3C21. The van der Waals surface area contributed by atoms with E-state index in [0.717, 1.165) is 121 Å². The van der Waals surface area contributed by atoms with Crippen LogP contribution in [-0.4, -0.2) is 66.3 Å². The van der Waals surface area contributed by atoms with E-state index >= 15 is 0 Å². The van der Waals surface area contributed by atoms with Gasteiger partial charge in [0.1, 0.15) is 18.8 Å². The largest absolute Gasteiger partial charge is 0.472 e. The number of phosphoric ester groups is 1. The van der Waals surface area contributed by atoms with Crippen LogP contribution in [0.4, 0.5) is 0 Å². The Kier molecular flexibility index (Phi) is 13.0. The molecule has 0 saturated heterocycles. The molecule has 0 aromatic heterocycles. The highest BCUT2D eigenvalue weighted by atomic mass is 31.2. The van der Waals surface area contributed by atoms with E-state index < -0.39 is 33.2 Å². The number of esters is 1. The van der Waals surface area contributed by atoms with Crippen LogP contribution in [0.25, 0.3) is 0 Å². The minimum Gasteiger partial charge on any atom is -0.463 e. The van der Waals surface area contributed by atoms with E-state index in [2.05, 4.69) is 0 Å². The number of phosphoric acid groups is 1. The lowest BCUT2D eigenvalue weighted by molar-refractivity contribution is -0.375. The number of unbranched alkanes of at least 4 members (excludes halogenated alkanes) is 9. The van der Waals surface area contributed by atoms with Crippen molar-refractivity contribution in [2.45, 2.75) is 153 Å². The zero-order chi connectivity index (χ0) is 38.4. The third-order valence-corrected chi connectivity index (χ3v) is 19.3. The molecule has 0 aliphatic heterocycles. The first-order chi connectivity index (χ1) is 27.3. The molecule has 0 spiro atoms. The van der Waals surface area contributed by atoms with Crippen LogP contribution in [0.2, 0.25) is 0 Å². The summed E-state index contributed by atoms with van der Waals surface area (Å²) in [6.07, 6.45) is 25.9. The van der Waals surface area contributed by atoms with Gasteiger partial charge in [0.05, 0.1) is 19.8 Å². The van der Waals surface area contributed by atoms with E-state index in [-0.39, 0.29) is 19.2 Å². The Labute approximate surface area is 337 Å². The van der Waals surface area contributed by atoms with Gasteiger partial charge in [-0.3, -0.25) is 13.8 Å². The van der Waals surface area contributed by atoms with Gasteiger partial charge in [-0.1, -0.05) is 77.0 Å². The summed E-state index contributed by atoms with van der Waals surface area (Å²) in [6, 6.07) is 0. The fourth-order valence-corrected chi connectivity index (χ4v) is 16.3. The van der Waals surface area contributed by atoms with Crippen molar-refractivity contribution in [1.82, 2.24) is 0 Å². The summed E-state index contributed by atoms with van der Waals surface area (Å²) in [5.41, 5.74) is 0. The molecule has 318 valence electrons. The van der Waals surface area contributed by atoms with E-state index in [9.17, 15) is 19.4 Å². The lowest BCUT2D eigenvalue weighted by Crippen LogP contribution is -2.80. The van der Waals surface area contributed by atoms with Crippen LogP contribution in [-0.2, 0) is 27.9 Å². The fourth-order valence-electron chi connectivity index (χ4n) is 15.5. The molecule has 0 amide bonds. The number of hydrogen-bond donors (Lipinski definition) is 3. The van der Waals surface area contributed by atoms with Crippen LogP contribution in [0.5, 0.6) is 0 Å². The van der Waals surface area contributed by atoms with Crippen LogP contribution >= 0.6 is 7.82 Å². The Hall–Kier alpha value is -0.540. The van der Waals surface area contributed by atoms with E-state index in [4.69, 9.17) is 23.6 Å². The summed E-state index contributed by atoms with van der Waals surface area (Å²) in [4.78, 5) is 22.7. The van der Waals surface area contributed by atoms with Crippen molar-refractivity contribution in [3.05, 3.63) is 0 Å². The molecule has 0 bridgehead atoms. The molecule has 0 aromatic rings. The summed E-state index contributed by atoms with van der Waals surface area (Å²) in [6.45, 7) is -1.01. The molecule has 0 heterocycles. The Balaban J connectivity index is 0.600. The van der Waals surface area contributed by atoms with Gasteiger partial charge in [0.25, 0.3) is 0 Å². The molecule has 9 aliphatic rings. The molecule has 9 aliphatic carbocycles. The summed E-state index contributed by atoms with van der Waals surface area (Å²) >= 11 is 0. The van der Waals surface area contributed by atoms with E-state index in [1.807, 2.05) is 0 Å². The van der Waals surface area contributed by atoms with Crippen LogP contribution in [0.15, 0.2) is 0 Å². The Bertz CT molecular complexity index is 1370. The van der Waals surface area contributed by atoms with Gasteiger partial charge in [0, 0.05) is 13.0 Å². The average Bonchev–Trinajstić information content (AvgIpc) is 3.16. The molecule has 9 saturated carbocycles. The van der Waals surface area contributed by atoms with Crippen molar-refractivity contribution in [3.8, 4) is 0 Å². The molecule has 56 heavy (non-hydrogen) atoms. The smallest absolute Gasteiger partial charge is 0.463 e. The molecule has 19 atom stereocenters. The van der Waals surface area contributed by atoms with E-state index in [1.165, 1.54) is 102 Å². The second kappa shape index (κ2) is 17.8. The van der Waals surface area contributed by atoms with Gasteiger partial charge in [-0.25, -0.2) is 4.57 Å². The Morgan fingerprint density at radius 3 is 1.89 bits per heavy atom. The molecule has 3 N–H and O–H groups in total. The van der Waals surface area contributed by atoms with Crippen molar-refractivity contribution < 1.29 is 43.0 Å². The number of rotatable bonds is 27. The summed E-state index contributed by atoms with van der Waals surface area (Å²) in [5.74, 6) is 17.6.